The molecular formula is C13H13N5OS. The summed E-state index contributed by atoms with van der Waals surface area (Å²) < 4.78 is 6.88. The van der Waals surface area contributed by atoms with Crippen LogP contribution in [0.25, 0.3) is 11.4 Å². The smallest absolute Gasteiger partial charge is 0.248 e. The van der Waals surface area contributed by atoms with Crippen molar-refractivity contribution in [3.05, 3.63) is 42.5 Å². The molecule has 0 aliphatic carbocycles. The zero-order chi connectivity index (χ0) is 13.9. The standard InChI is InChI=1S/C13H13N5OS/c1-20-11-4-2-9(3-5-11)13-16-12(19-17-13)8-18-7-10(14)6-15-18/h2-7H,8,14H2,1H3. The van der Waals surface area contributed by atoms with E-state index in [2.05, 4.69) is 15.2 Å². The van der Waals surface area contributed by atoms with Crippen molar-refractivity contribution in [2.45, 2.75) is 11.4 Å². The molecule has 6 nitrogen and oxygen atoms in total. The van der Waals surface area contributed by atoms with Gasteiger partial charge in [0.15, 0.2) is 0 Å². The average Bonchev–Trinajstić information content (AvgIpc) is 3.09. The van der Waals surface area contributed by atoms with Gasteiger partial charge >= 0.3 is 0 Å². The van der Waals surface area contributed by atoms with Gasteiger partial charge < -0.3 is 10.3 Å². The summed E-state index contributed by atoms with van der Waals surface area (Å²) in [5.41, 5.74) is 7.14. The van der Waals surface area contributed by atoms with Crippen LogP contribution in [0, 0.1) is 0 Å². The number of aromatic nitrogens is 4. The molecule has 2 heterocycles. The quantitative estimate of drug-likeness (QED) is 0.741. The molecule has 0 amide bonds. The summed E-state index contributed by atoms with van der Waals surface area (Å²) >= 11 is 1.69. The Morgan fingerprint density at radius 1 is 1.30 bits per heavy atom. The molecule has 2 N–H and O–H groups in total. The molecule has 2 aromatic heterocycles. The number of anilines is 1. The molecule has 102 valence electrons. The Kier molecular flexibility index (Phi) is 3.42. The topological polar surface area (TPSA) is 82.8 Å². The largest absolute Gasteiger partial charge is 0.396 e. The Bertz CT molecular complexity index is 704. The summed E-state index contributed by atoms with van der Waals surface area (Å²) in [5.74, 6) is 1.07. The maximum absolute atomic E-state index is 5.60. The highest BCUT2D eigenvalue weighted by Crippen LogP contribution is 2.21. The van der Waals surface area contributed by atoms with E-state index < -0.39 is 0 Å². The van der Waals surface area contributed by atoms with E-state index in [1.54, 1.807) is 28.8 Å². The van der Waals surface area contributed by atoms with Crippen molar-refractivity contribution < 1.29 is 4.52 Å². The lowest BCUT2D eigenvalue weighted by molar-refractivity contribution is 0.366. The molecule has 1 aromatic carbocycles. The molecule has 0 spiro atoms. The van der Waals surface area contributed by atoms with E-state index in [0.29, 0.717) is 23.9 Å². The molecule has 0 bridgehead atoms. The van der Waals surface area contributed by atoms with E-state index in [9.17, 15) is 0 Å². The first-order valence-electron chi connectivity index (χ1n) is 5.99. The van der Waals surface area contributed by atoms with Crippen LogP contribution >= 0.6 is 11.8 Å². The van der Waals surface area contributed by atoms with E-state index in [-0.39, 0.29) is 0 Å². The fourth-order valence-corrected chi connectivity index (χ4v) is 2.19. The number of nitrogen functional groups attached to an aromatic ring is 1. The second-order valence-electron chi connectivity index (χ2n) is 4.21. The lowest BCUT2D eigenvalue weighted by Crippen LogP contribution is -2.00. The molecule has 0 atom stereocenters. The average molecular weight is 287 g/mol. The van der Waals surface area contributed by atoms with Crippen LogP contribution in [0.3, 0.4) is 0 Å². The lowest BCUT2D eigenvalue weighted by Gasteiger charge is -1.97. The van der Waals surface area contributed by atoms with Crippen LogP contribution in [-0.4, -0.2) is 26.2 Å². The number of nitrogens with two attached hydrogens (primary N) is 1. The number of hydrogen-bond donors (Lipinski definition) is 1. The highest BCUT2D eigenvalue weighted by molar-refractivity contribution is 7.98. The first-order chi connectivity index (χ1) is 9.74. The van der Waals surface area contributed by atoms with Gasteiger partial charge in [0.1, 0.15) is 6.54 Å². The molecular weight excluding hydrogens is 274 g/mol. The number of benzene rings is 1. The van der Waals surface area contributed by atoms with Crippen molar-refractivity contribution >= 4 is 17.4 Å². The van der Waals surface area contributed by atoms with Gasteiger partial charge in [0.05, 0.1) is 11.9 Å². The molecule has 0 saturated carbocycles. The van der Waals surface area contributed by atoms with Crippen LogP contribution < -0.4 is 5.73 Å². The Hall–Kier alpha value is -2.28. The minimum Gasteiger partial charge on any atom is -0.396 e. The predicted octanol–water partition coefficient (Wildman–Crippen LogP) is 2.29. The minimum atomic E-state index is 0.410. The van der Waals surface area contributed by atoms with Gasteiger partial charge in [-0.1, -0.05) is 5.16 Å². The van der Waals surface area contributed by atoms with E-state index >= 15 is 0 Å². The number of thioether (sulfide) groups is 1. The summed E-state index contributed by atoms with van der Waals surface area (Å²) in [6, 6.07) is 8.02. The van der Waals surface area contributed by atoms with Gasteiger partial charge in [-0.25, -0.2) is 0 Å². The monoisotopic (exact) mass is 287 g/mol. The van der Waals surface area contributed by atoms with Gasteiger partial charge in [-0.3, -0.25) is 4.68 Å². The Labute approximate surface area is 120 Å². The molecule has 0 fully saturated rings. The summed E-state index contributed by atoms with van der Waals surface area (Å²) in [6.45, 7) is 0.410. The predicted molar refractivity (Wildman–Crippen MR) is 77.3 cm³/mol. The lowest BCUT2D eigenvalue weighted by atomic mass is 10.2. The van der Waals surface area contributed by atoms with Crippen LogP contribution in [-0.2, 0) is 6.54 Å². The van der Waals surface area contributed by atoms with Crippen molar-refractivity contribution in [2.75, 3.05) is 12.0 Å². The Morgan fingerprint density at radius 3 is 2.75 bits per heavy atom. The van der Waals surface area contributed by atoms with Gasteiger partial charge in [0.2, 0.25) is 11.7 Å². The van der Waals surface area contributed by atoms with Gasteiger partial charge in [-0.15, -0.1) is 11.8 Å². The summed E-state index contributed by atoms with van der Waals surface area (Å²) in [7, 11) is 0. The third-order valence-electron chi connectivity index (χ3n) is 2.77. The zero-order valence-electron chi connectivity index (χ0n) is 10.9. The summed E-state index contributed by atoms with van der Waals surface area (Å²) in [5, 5.41) is 8.06. The normalized spacial score (nSPS) is 10.8. The van der Waals surface area contributed by atoms with E-state index in [0.717, 1.165) is 5.56 Å². The van der Waals surface area contributed by atoms with Crippen LogP contribution in [0.15, 0.2) is 46.1 Å². The maximum atomic E-state index is 5.60. The van der Waals surface area contributed by atoms with Crippen LogP contribution in [0.2, 0.25) is 0 Å². The molecule has 0 radical (unpaired) electrons. The van der Waals surface area contributed by atoms with Crippen molar-refractivity contribution in [1.82, 2.24) is 19.9 Å². The van der Waals surface area contributed by atoms with E-state index in [4.69, 9.17) is 10.3 Å². The first-order valence-corrected chi connectivity index (χ1v) is 7.22. The highest BCUT2D eigenvalue weighted by atomic mass is 32.2. The summed E-state index contributed by atoms with van der Waals surface area (Å²) in [4.78, 5) is 5.55. The number of nitrogens with zero attached hydrogens (tertiary/aromatic N) is 4. The fourth-order valence-electron chi connectivity index (χ4n) is 1.78. The summed E-state index contributed by atoms with van der Waals surface area (Å²) in [6.07, 6.45) is 5.34. The molecule has 0 saturated heterocycles. The second-order valence-corrected chi connectivity index (χ2v) is 5.09. The molecule has 20 heavy (non-hydrogen) atoms. The maximum Gasteiger partial charge on any atom is 0.248 e. The molecule has 7 heteroatoms. The van der Waals surface area contributed by atoms with Gasteiger partial charge in [-0.2, -0.15) is 10.1 Å². The van der Waals surface area contributed by atoms with Gasteiger partial charge in [0, 0.05) is 16.7 Å². The van der Waals surface area contributed by atoms with Crippen LogP contribution in [0.4, 0.5) is 5.69 Å². The van der Waals surface area contributed by atoms with E-state index in [1.807, 2.05) is 30.5 Å². The van der Waals surface area contributed by atoms with Gasteiger partial charge in [0.25, 0.3) is 0 Å². The van der Waals surface area contributed by atoms with Crippen molar-refractivity contribution in [3.8, 4) is 11.4 Å². The van der Waals surface area contributed by atoms with Crippen molar-refractivity contribution in [1.29, 1.82) is 0 Å². The number of hydrogen-bond acceptors (Lipinski definition) is 6. The molecule has 0 unspecified atom stereocenters. The molecule has 3 aromatic rings. The minimum absolute atomic E-state index is 0.410. The first kappa shape index (κ1) is 12.7. The molecule has 0 aliphatic rings. The molecule has 0 aliphatic heterocycles. The Morgan fingerprint density at radius 2 is 2.10 bits per heavy atom. The van der Waals surface area contributed by atoms with E-state index in [1.165, 1.54) is 4.90 Å². The third kappa shape index (κ3) is 2.67. The zero-order valence-corrected chi connectivity index (χ0v) is 11.7. The van der Waals surface area contributed by atoms with Crippen molar-refractivity contribution in [3.63, 3.8) is 0 Å². The third-order valence-corrected chi connectivity index (χ3v) is 3.51. The van der Waals surface area contributed by atoms with Crippen LogP contribution in [0.5, 0.6) is 0 Å². The highest BCUT2D eigenvalue weighted by Gasteiger charge is 2.09. The number of rotatable bonds is 4. The van der Waals surface area contributed by atoms with Crippen LogP contribution in [0.1, 0.15) is 5.89 Å². The fraction of sp³-hybridized carbons (Fsp3) is 0.154. The van der Waals surface area contributed by atoms with Crippen molar-refractivity contribution in [2.24, 2.45) is 0 Å². The second kappa shape index (κ2) is 5.38. The Balaban J connectivity index is 1.78. The molecule has 3 rings (SSSR count). The SMILES string of the molecule is CSc1ccc(-c2noc(Cn3cc(N)cn3)n2)cc1. The van der Waals surface area contributed by atoms with Gasteiger partial charge in [-0.05, 0) is 30.5 Å².